The standard InChI is InChI=1S/C41H25BF12N6O7/c43-24-18-19(25(44)31(50)30(24)49)37-56-39-22-23(29(48)35(54)34(53)28(22)47)41-57-40-21-20(26(45)32(51)33(52)27(21)46)38-55-36(18)58(37)42(59(38)40,60(39)41)67-14-15-1-2-16-17(13-15)66-12-10-64-8-6-62-4-3-61-5-7-63-9-11-65-16/h1-2,13H,3-12,14H2. The maximum atomic E-state index is 16.2. The quantitative estimate of drug-likeness (QED) is 0.0939. The molecule has 11 rings (SSSR count). The highest BCUT2D eigenvalue weighted by Gasteiger charge is 2.60. The molecule has 0 bridgehead atoms. The Bertz CT molecular complexity index is 3400. The minimum absolute atomic E-state index is 0.0116. The maximum absolute atomic E-state index is 16.2. The number of fused-ring (bicyclic) bond motifs is 10. The van der Waals surface area contributed by atoms with Crippen molar-refractivity contribution in [1.29, 1.82) is 0 Å². The van der Waals surface area contributed by atoms with E-state index in [0.717, 1.165) is 0 Å². The molecular weight excluding hydrogens is 927 g/mol. The number of aliphatic imine (C=N–C) groups is 1. The number of aromatic nitrogens is 2. The molecule has 0 saturated carbocycles. The first-order chi connectivity index (χ1) is 32.3. The third-order valence-electron chi connectivity index (χ3n) is 11.7. The van der Waals surface area contributed by atoms with E-state index < -0.39 is 150 Å². The van der Waals surface area contributed by atoms with Gasteiger partial charge in [-0.05, 0) is 17.7 Å². The van der Waals surface area contributed by atoms with Crippen molar-refractivity contribution in [3.05, 3.63) is 116 Å². The average molecular weight is 952 g/mol. The van der Waals surface area contributed by atoms with Gasteiger partial charge in [-0.15, -0.1) is 0 Å². The Kier molecular flexibility index (Phi) is 10.2. The van der Waals surface area contributed by atoms with E-state index in [9.17, 15) is 0 Å². The van der Waals surface area contributed by atoms with Crippen LogP contribution < -0.4 is 20.4 Å². The molecule has 1 atom stereocenters. The van der Waals surface area contributed by atoms with Crippen molar-refractivity contribution in [1.82, 2.24) is 8.96 Å². The molecule has 26 heteroatoms. The van der Waals surface area contributed by atoms with Gasteiger partial charge in [0.25, 0.3) is 0 Å². The number of rotatable bonds is 3. The van der Waals surface area contributed by atoms with Crippen molar-refractivity contribution in [2.75, 3.05) is 66.1 Å². The largest absolute Gasteiger partial charge is 0.518 e. The number of ether oxygens (including phenoxy) is 6. The van der Waals surface area contributed by atoms with Crippen LogP contribution in [0.25, 0.3) is 21.5 Å². The molecule has 6 aromatic rings. The number of hydrogen-bond donors (Lipinski definition) is 0. The Balaban J connectivity index is 1.16. The molecule has 0 aliphatic carbocycles. The first-order valence-corrected chi connectivity index (χ1v) is 20.1. The molecule has 0 fully saturated rings. The predicted octanol–water partition coefficient (Wildman–Crippen LogP) is 5.91. The van der Waals surface area contributed by atoms with Gasteiger partial charge in [0.1, 0.15) is 35.6 Å². The third kappa shape index (κ3) is 5.98. The molecular formula is C41H25BF12N6O7. The van der Waals surface area contributed by atoms with Crippen molar-refractivity contribution >= 4 is 51.6 Å². The minimum Gasteiger partial charge on any atom is -0.518 e. The lowest BCUT2D eigenvalue weighted by Crippen LogP contribution is -2.73. The van der Waals surface area contributed by atoms with Gasteiger partial charge in [0.15, 0.2) is 92.6 Å². The monoisotopic (exact) mass is 952 g/mol. The molecule has 0 radical (unpaired) electrons. The molecule has 5 aliphatic heterocycles. The minimum atomic E-state index is -4.18. The van der Waals surface area contributed by atoms with Gasteiger partial charge in [-0.2, -0.15) is 0 Å². The van der Waals surface area contributed by atoms with Crippen LogP contribution in [0.15, 0.2) is 33.2 Å². The molecule has 7 heterocycles. The number of halogens is 12. The van der Waals surface area contributed by atoms with Crippen LogP contribution in [-0.2, 0) is 30.2 Å². The summed E-state index contributed by atoms with van der Waals surface area (Å²) >= 11 is 0. The second-order valence-electron chi connectivity index (χ2n) is 15.3. The smallest absolute Gasteiger partial charge is 0.513 e. The molecule has 1 unspecified atom stereocenters. The molecule has 348 valence electrons. The number of nitrogens with zero attached hydrogens (tertiary/aromatic N) is 6. The summed E-state index contributed by atoms with van der Waals surface area (Å²) in [6.07, 6.45) is 0. The van der Waals surface area contributed by atoms with Crippen molar-refractivity contribution in [2.45, 2.75) is 6.61 Å². The number of hydrogen-bond acceptors (Lipinski definition) is 10. The van der Waals surface area contributed by atoms with Crippen molar-refractivity contribution < 1.29 is 90.2 Å². The maximum Gasteiger partial charge on any atom is 0.513 e. The van der Waals surface area contributed by atoms with E-state index in [1.54, 1.807) is 0 Å². The summed E-state index contributed by atoms with van der Waals surface area (Å²) in [4.78, 5) is 12.4. The van der Waals surface area contributed by atoms with Gasteiger partial charge >= 0.3 is 6.75 Å². The molecule has 13 nitrogen and oxygen atoms in total. The van der Waals surface area contributed by atoms with E-state index in [1.165, 1.54) is 18.2 Å². The molecule has 2 aromatic heterocycles. The van der Waals surface area contributed by atoms with Crippen LogP contribution >= 0.6 is 0 Å². The zero-order valence-corrected chi connectivity index (χ0v) is 33.7. The van der Waals surface area contributed by atoms with Crippen LogP contribution in [0.4, 0.5) is 64.3 Å². The molecule has 5 aliphatic rings. The zero-order valence-electron chi connectivity index (χ0n) is 33.7. The van der Waals surface area contributed by atoms with Crippen molar-refractivity contribution in [2.24, 2.45) is 15.0 Å². The summed E-state index contributed by atoms with van der Waals surface area (Å²) in [5, 5.41) is -4.91. The third-order valence-corrected chi connectivity index (χ3v) is 11.7. The average Bonchev–Trinajstić information content (AvgIpc) is 3.97. The first kappa shape index (κ1) is 43.1. The lowest BCUT2D eigenvalue weighted by molar-refractivity contribution is -0.300. The van der Waals surface area contributed by atoms with Gasteiger partial charge in [-0.1, -0.05) is 16.1 Å². The Morgan fingerprint density at radius 2 is 0.925 bits per heavy atom. The van der Waals surface area contributed by atoms with Crippen LogP contribution in [0.5, 0.6) is 11.5 Å². The summed E-state index contributed by atoms with van der Waals surface area (Å²) in [7, 11) is 0. The van der Waals surface area contributed by atoms with E-state index in [1.807, 2.05) is 0 Å². The number of amidine groups is 2. The highest BCUT2D eigenvalue weighted by atomic mass is 19.2. The summed E-state index contributed by atoms with van der Waals surface area (Å²) in [5.41, 5.74) is -4.34. The topological polar surface area (TPSA) is 115 Å². The fourth-order valence-electron chi connectivity index (χ4n) is 8.93. The van der Waals surface area contributed by atoms with Gasteiger partial charge in [-0.3, -0.25) is 0 Å². The zero-order chi connectivity index (χ0) is 46.8. The highest BCUT2D eigenvalue weighted by Crippen LogP contribution is 2.50. The molecule has 0 N–H and O–H groups in total. The van der Waals surface area contributed by atoms with Gasteiger partial charge in [-0.25, -0.2) is 57.7 Å². The van der Waals surface area contributed by atoms with Crippen molar-refractivity contribution in [3.8, 4) is 11.5 Å². The number of benzene rings is 4. The van der Waals surface area contributed by atoms with Gasteiger partial charge in [0, 0.05) is 6.61 Å². The fourth-order valence-corrected chi connectivity index (χ4v) is 8.93. The molecule has 0 saturated heterocycles. The SMILES string of the molecule is Fc1c(F)c(F)c2c(c1F)C1=Nc3c4c(F)c(F)c(F)c(F)c4c4n3[B-]3(OCc5ccc6c(c5)OCCOCCOCCOCCOCCO6)n5c(c6c(F)c(F)c(F)c(F)c6c5=N4)=NC2=[N+]13. The van der Waals surface area contributed by atoms with E-state index >= 15 is 52.7 Å². The molecule has 67 heavy (non-hydrogen) atoms. The summed E-state index contributed by atoms with van der Waals surface area (Å²) in [6, 6.07) is 4.21. The Hall–Kier alpha value is -6.48. The lowest BCUT2D eigenvalue weighted by Gasteiger charge is -2.47. The summed E-state index contributed by atoms with van der Waals surface area (Å²) < 4.78 is 231. The Morgan fingerprint density at radius 1 is 0.478 bits per heavy atom. The fraction of sp³-hybridized carbons (Fsp3) is 0.268. The normalized spacial score (nSPS) is 19.2. The summed E-state index contributed by atoms with van der Waals surface area (Å²) in [6.45, 7) is -3.24. The second kappa shape index (κ2) is 15.8. The van der Waals surface area contributed by atoms with Crippen LogP contribution in [0, 0.1) is 69.8 Å². The van der Waals surface area contributed by atoms with Crippen LogP contribution in [-0.4, -0.2) is 97.9 Å². The van der Waals surface area contributed by atoms with Crippen LogP contribution in [0.2, 0.25) is 0 Å². The first-order valence-electron chi connectivity index (χ1n) is 20.1. The van der Waals surface area contributed by atoms with E-state index in [0.29, 0.717) is 26.7 Å². The van der Waals surface area contributed by atoms with Crippen LogP contribution in [0.3, 0.4) is 0 Å². The second-order valence-corrected chi connectivity index (χ2v) is 15.3. The van der Waals surface area contributed by atoms with Gasteiger partial charge in [0.2, 0.25) is 11.7 Å². The molecule has 4 aromatic carbocycles. The van der Waals surface area contributed by atoms with Gasteiger partial charge < -0.3 is 46.5 Å². The van der Waals surface area contributed by atoms with E-state index in [-0.39, 0.29) is 69.9 Å². The molecule has 0 spiro atoms. The van der Waals surface area contributed by atoms with Crippen molar-refractivity contribution in [3.63, 3.8) is 0 Å². The Morgan fingerprint density at radius 3 is 1.48 bits per heavy atom. The van der Waals surface area contributed by atoms with E-state index in [4.69, 9.17) is 33.1 Å². The lowest BCUT2D eigenvalue weighted by atomic mass is 9.75. The van der Waals surface area contributed by atoms with Gasteiger partial charge in [0.05, 0.1) is 74.4 Å². The predicted molar refractivity (Wildman–Crippen MR) is 204 cm³/mol. The Labute approximate surface area is 365 Å². The van der Waals surface area contributed by atoms with E-state index in [2.05, 4.69) is 15.0 Å². The highest BCUT2D eigenvalue weighted by molar-refractivity contribution is 6.68. The van der Waals surface area contributed by atoms with Crippen LogP contribution in [0.1, 0.15) is 16.7 Å². The summed E-state index contributed by atoms with van der Waals surface area (Å²) in [5.74, 6) is -30.9. The molecule has 0 amide bonds.